The first kappa shape index (κ1) is 28.3. The molecule has 38 heavy (non-hydrogen) atoms. The SMILES string of the molecule is CCCOCC1CC2=C3[C@@H](CC[C@H]2CC1(OC)OC)[C@@H]1CCC[C@@]1(C)C[C@@H]3c1ccc(C(OC)OC)cc1. The summed E-state index contributed by atoms with van der Waals surface area (Å²) in [6, 6.07) is 9.11. The molecular formula is C33H50O5. The molecule has 5 nitrogen and oxygen atoms in total. The van der Waals surface area contributed by atoms with E-state index in [1.54, 1.807) is 25.4 Å². The Labute approximate surface area is 230 Å². The largest absolute Gasteiger partial charge is 0.381 e. The lowest BCUT2D eigenvalue weighted by molar-refractivity contribution is -0.264. The minimum absolute atomic E-state index is 0.214. The summed E-state index contributed by atoms with van der Waals surface area (Å²) >= 11 is 0. The number of rotatable bonds is 10. The molecule has 0 saturated heterocycles. The van der Waals surface area contributed by atoms with Gasteiger partial charge in [-0.15, -0.1) is 0 Å². The van der Waals surface area contributed by atoms with Crippen molar-refractivity contribution in [3.8, 4) is 0 Å². The van der Waals surface area contributed by atoms with Crippen molar-refractivity contribution in [3.63, 3.8) is 0 Å². The Balaban J connectivity index is 1.55. The van der Waals surface area contributed by atoms with Crippen molar-refractivity contribution in [2.75, 3.05) is 41.7 Å². The van der Waals surface area contributed by atoms with Gasteiger partial charge in [-0.1, -0.05) is 55.7 Å². The Bertz CT molecular complexity index is 962. The molecule has 0 aromatic heterocycles. The molecule has 212 valence electrons. The van der Waals surface area contributed by atoms with Gasteiger partial charge >= 0.3 is 0 Å². The fourth-order valence-electron chi connectivity index (χ4n) is 8.99. The van der Waals surface area contributed by atoms with Gasteiger partial charge in [0, 0.05) is 58.9 Å². The van der Waals surface area contributed by atoms with E-state index in [0.717, 1.165) is 37.4 Å². The predicted molar refractivity (Wildman–Crippen MR) is 150 cm³/mol. The van der Waals surface area contributed by atoms with E-state index in [4.69, 9.17) is 23.7 Å². The highest BCUT2D eigenvalue weighted by Crippen LogP contribution is 2.65. The maximum atomic E-state index is 6.16. The average molecular weight is 527 g/mol. The predicted octanol–water partition coefficient (Wildman–Crippen LogP) is 7.42. The van der Waals surface area contributed by atoms with Crippen molar-refractivity contribution in [2.45, 2.75) is 89.6 Å². The van der Waals surface area contributed by atoms with Crippen LogP contribution in [-0.2, 0) is 23.7 Å². The van der Waals surface area contributed by atoms with Crippen LogP contribution in [0.1, 0.15) is 95.0 Å². The fourth-order valence-corrected chi connectivity index (χ4v) is 8.99. The summed E-state index contributed by atoms with van der Waals surface area (Å²) in [6.45, 7) is 6.25. The van der Waals surface area contributed by atoms with E-state index in [2.05, 4.69) is 38.1 Å². The van der Waals surface area contributed by atoms with Crippen molar-refractivity contribution in [2.24, 2.45) is 29.1 Å². The molecule has 6 atom stereocenters. The second-order valence-corrected chi connectivity index (χ2v) is 12.6. The minimum Gasteiger partial charge on any atom is -0.381 e. The number of hydrogen-bond acceptors (Lipinski definition) is 5. The lowest BCUT2D eigenvalue weighted by atomic mass is 9.52. The highest BCUT2D eigenvalue weighted by atomic mass is 16.7. The average Bonchev–Trinajstić information content (AvgIpc) is 3.34. The van der Waals surface area contributed by atoms with Crippen LogP contribution >= 0.6 is 0 Å². The summed E-state index contributed by atoms with van der Waals surface area (Å²) in [5.41, 5.74) is 6.45. The quantitative estimate of drug-likeness (QED) is 0.180. The molecule has 0 aliphatic heterocycles. The van der Waals surface area contributed by atoms with Gasteiger partial charge < -0.3 is 23.7 Å². The van der Waals surface area contributed by atoms with Crippen molar-refractivity contribution >= 4 is 0 Å². The monoisotopic (exact) mass is 526 g/mol. The Morgan fingerprint density at radius 2 is 1.68 bits per heavy atom. The molecule has 0 N–H and O–H groups in total. The molecule has 5 heteroatoms. The molecule has 0 radical (unpaired) electrons. The van der Waals surface area contributed by atoms with Crippen molar-refractivity contribution in [3.05, 3.63) is 46.5 Å². The third-order valence-corrected chi connectivity index (χ3v) is 10.8. The lowest BCUT2D eigenvalue weighted by Crippen LogP contribution is -2.51. The molecule has 3 saturated carbocycles. The van der Waals surface area contributed by atoms with Gasteiger partial charge in [0.15, 0.2) is 12.1 Å². The highest BCUT2D eigenvalue weighted by Gasteiger charge is 2.55. The zero-order valence-electron chi connectivity index (χ0n) is 24.6. The molecule has 3 fully saturated rings. The van der Waals surface area contributed by atoms with Crippen LogP contribution in [0, 0.1) is 29.1 Å². The zero-order valence-corrected chi connectivity index (χ0v) is 24.6. The molecule has 1 aromatic carbocycles. The first-order chi connectivity index (χ1) is 18.4. The lowest BCUT2D eigenvalue weighted by Gasteiger charge is -2.55. The van der Waals surface area contributed by atoms with Crippen LogP contribution in [0.5, 0.6) is 0 Å². The Kier molecular flexibility index (Phi) is 8.71. The van der Waals surface area contributed by atoms with Crippen LogP contribution in [0.25, 0.3) is 0 Å². The van der Waals surface area contributed by atoms with E-state index < -0.39 is 5.79 Å². The van der Waals surface area contributed by atoms with Crippen molar-refractivity contribution in [1.82, 2.24) is 0 Å². The summed E-state index contributed by atoms with van der Waals surface area (Å²) in [7, 11) is 7.05. The number of fused-ring (bicyclic) bond motifs is 4. The molecule has 0 spiro atoms. The van der Waals surface area contributed by atoms with E-state index in [1.165, 1.54) is 44.1 Å². The van der Waals surface area contributed by atoms with E-state index in [1.807, 2.05) is 14.2 Å². The number of benzene rings is 1. The minimum atomic E-state index is -0.557. The molecule has 5 rings (SSSR count). The van der Waals surface area contributed by atoms with E-state index in [9.17, 15) is 0 Å². The third kappa shape index (κ3) is 4.92. The summed E-state index contributed by atoms with van der Waals surface area (Å²) in [4.78, 5) is 0. The van der Waals surface area contributed by atoms with Crippen LogP contribution in [0.15, 0.2) is 35.4 Å². The number of methoxy groups -OCH3 is 4. The Morgan fingerprint density at radius 1 is 0.947 bits per heavy atom. The van der Waals surface area contributed by atoms with Crippen molar-refractivity contribution in [1.29, 1.82) is 0 Å². The fraction of sp³-hybridized carbons (Fsp3) is 0.758. The molecule has 1 unspecified atom stereocenters. The van der Waals surface area contributed by atoms with E-state index in [0.29, 0.717) is 29.8 Å². The van der Waals surface area contributed by atoms with E-state index in [-0.39, 0.29) is 12.2 Å². The topological polar surface area (TPSA) is 46.2 Å². The molecular weight excluding hydrogens is 476 g/mol. The molecule has 0 bridgehead atoms. The number of allylic oxidation sites excluding steroid dienone is 2. The molecule has 0 amide bonds. The van der Waals surface area contributed by atoms with E-state index >= 15 is 0 Å². The van der Waals surface area contributed by atoms with Crippen LogP contribution in [0.2, 0.25) is 0 Å². The third-order valence-electron chi connectivity index (χ3n) is 10.8. The molecule has 0 heterocycles. The number of hydrogen-bond donors (Lipinski definition) is 0. The summed E-state index contributed by atoms with van der Waals surface area (Å²) < 4.78 is 29.5. The highest BCUT2D eigenvalue weighted by molar-refractivity contribution is 5.41. The zero-order chi connectivity index (χ0) is 26.9. The maximum Gasteiger partial charge on any atom is 0.183 e. The second-order valence-electron chi connectivity index (χ2n) is 12.6. The van der Waals surface area contributed by atoms with Gasteiger partial charge in [-0.3, -0.25) is 0 Å². The normalized spacial score (nSPS) is 34.2. The maximum absolute atomic E-state index is 6.16. The molecule has 4 aliphatic rings. The van der Waals surface area contributed by atoms with Crippen LogP contribution in [-0.4, -0.2) is 47.4 Å². The summed E-state index contributed by atoms with van der Waals surface area (Å²) in [6.07, 6.45) is 10.6. The van der Waals surface area contributed by atoms with Gasteiger partial charge in [-0.2, -0.15) is 0 Å². The van der Waals surface area contributed by atoms with Crippen LogP contribution in [0.3, 0.4) is 0 Å². The van der Waals surface area contributed by atoms with Gasteiger partial charge in [0.2, 0.25) is 0 Å². The van der Waals surface area contributed by atoms with Gasteiger partial charge in [-0.05, 0) is 73.7 Å². The van der Waals surface area contributed by atoms with Crippen LogP contribution < -0.4 is 0 Å². The van der Waals surface area contributed by atoms with Gasteiger partial charge in [0.25, 0.3) is 0 Å². The van der Waals surface area contributed by atoms with Gasteiger partial charge in [0.05, 0.1) is 6.61 Å². The standard InChI is InChI=1S/C33H50O5/c1-7-17-38-21-25-18-27-24(19-33(25,36-5)37-6)14-15-26-29-9-8-16-32(29,2)20-28(30(26)27)22-10-12-23(13-11-22)31(34-3)35-4/h10-13,24-26,28-29,31H,7-9,14-21H2,1-6H3/t24-,25?,26-,28+,29-,32-/m0/s1. The van der Waals surface area contributed by atoms with Crippen LogP contribution in [0.4, 0.5) is 0 Å². The summed E-state index contributed by atoms with van der Waals surface area (Å²) in [5, 5.41) is 0. The molecule has 4 aliphatic carbocycles. The second kappa shape index (κ2) is 11.7. The Morgan fingerprint density at radius 3 is 2.34 bits per heavy atom. The Hall–Kier alpha value is -1.24. The first-order valence-corrected chi connectivity index (χ1v) is 15.0. The van der Waals surface area contributed by atoms with Gasteiger partial charge in [0.1, 0.15) is 0 Å². The van der Waals surface area contributed by atoms with Gasteiger partial charge in [-0.25, -0.2) is 0 Å². The number of ether oxygens (including phenoxy) is 5. The summed E-state index contributed by atoms with van der Waals surface area (Å²) in [5.74, 6) is 2.18. The smallest absolute Gasteiger partial charge is 0.183 e. The van der Waals surface area contributed by atoms with Crippen molar-refractivity contribution < 1.29 is 23.7 Å². The molecule has 1 aromatic rings. The first-order valence-electron chi connectivity index (χ1n) is 15.0.